The molecule has 1 aromatic rings. The smallest absolute Gasteiger partial charge is 0.0401 e. The van der Waals surface area contributed by atoms with Gasteiger partial charge in [0, 0.05) is 10.9 Å². The summed E-state index contributed by atoms with van der Waals surface area (Å²) in [6.07, 6.45) is 2.20. The molecule has 0 aliphatic rings. The average molecular weight is 208 g/mol. The number of nitrogens with two attached hydrogens (primary N) is 1. The summed E-state index contributed by atoms with van der Waals surface area (Å²) in [6, 6.07) is 4.24. The van der Waals surface area contributed by atoms with Gasteiger partial charge in [0.2, 0.25) is 0 Å². The second-order valence-corrected chi connectivity index (χ2v) is 4.41. The summed E-state index contributed by atoms with van der Waals surface area (Å²) in [4.78, 5) is 0. The molecule has 1 unspecified atom stereocenters. The Balaban J connectivity index is 3.00. The molecule has 1 atom stereocenters. The van der Waals surface area contributed by atoms with Crippen molar-refractivity contribution in [2.75, 3.05) is 5.73 Å². The summed E-state index contributed by atoms with van der Waals surface area (Å²) in [5.41, 5.74) is 10.3. The molecule has 0 heterocycles. The van der Waals surface area contributed by atoms with Gasteiger partial charge in [-0.1, -0.05) is 38.1 Å². The van der Waals surface area contributed by atoms with Crippen LogP contribution in [0.2, 0.25) is 0 Å². The molecule has 0 fully saturated rings. The van der Waals surface area contributed by atoms with Crippen LogP contribution in [-0.4, -0.2) is 0 Å². The first-order valence-corrected chi connectivity index (χ1v) is 5.55. The molecule has 1 aromatic carbocycles. The normalized spacial score (nSPS) is 12.9. The highest BCUT2D eigenvalue weighted by atomic mass is 32.1. The highest BCUT2D eigenvalue weighted by molar-refractivity contribution is 7.80. The van der Waals surface area contributed by atoms with Crippen molar-refractivity contribution in [3.05, 3.63) is 28.8 Å². The molecule has 0 aliphatic carbocycles. The first-order chi connectivity index (χ1) is 6.56. The van der Waals surface area contributed by atoms with Crippen LogP contribution in [0.1, 0.15) is 41.7 Å². The van der Waals surface area contributed by atoms with Gasteiger partial charge in [0.05, 0.1) is 0 Å². The van der Waals surface area contributed by atoms with Crippen molar-refractivity contribution in [3.63, 3.8) is 0 Å². The Morgan fingerprint density at radius 3 is 2.21 bits per heavy atom. The predicted molar refractivity (Wildman–Crippen MR) is 65.6 cm³/mol. The third kappa shape index (κ3) is 2.44. The maximum absolute atomic E-state index is 5.89. The Morgan fingerprint density at radius 1 is 1.29 bits per heavy atom. The van der Waals surface area contributed by atoms with Crippen LogP contribution in [0.5, 0.6) is 0 Å². The summed E-state index contributed by atoms with van der Waals surface area (Å²) in [5, 5.41) is 0.234. The van der Waals surface area contributed by atoms with Crippen LogP contribution in [0.15, 0.2) is 12.1 Å². The molecule has 0 spiro atoms. The number of hydrogen-bond acceptors (Lipinski definition) is 1. The van der Waals surface area contributed by atoms with E-state index in [1.165, 1.54) is 5.56 Å². The third-order valence-corrected chi connectivity index (χ3v) is 3.05. The predicted octanol–water partition coefficient (Wildman–Crippen LogP) is 3.92. The molecule has 0 saturated carbocycles. The van der Waals surface area contributed by atoms with E-state index in [0.29, 0.717) is 0 Å². The van der Waals surface area contributed by atoms with Crippen molar-refractivity contribution in [3.8, 4) is 0 Å². The van der Waals surface area contributed by atoms with Crippen molar-refractivity contribution >= 4 is 18.3 Å². The van der Waals surface area contributed by atoms with Gasteiger partial charge in [-0.15, -0.1) is 0 Å². The summed E-state index contributed by atoms with van der Waals surface area (Å²) >= 11 is 5.42. The molecular formula is C12H18NS. The molecule has 1 radical (unpaired) electrons. The van der Waals surface area contributed by atoms with Crippen LogP contribution in [0.3, 0.4) is 0 Å². The molecule has 2 heteroatoms. The van der Waals surface area contributed by atoms with E-state index in [4.69, 9.17) is 18.4 Å². The molecular weight excluding hydrogens is 190 g/mol. The molecule has 0 bridgehead atoms. The van der Waals surface area contributed by atoms with E-state index in [-0.39, 0.29) is 5.25 Å². The van der Waals surface area contributed by atoms with Crippen LogP contribution in [0, 0.1) is 13.8 Å². The van der Waals surface area contributed by atoms with E-state index in [1.54, 1.807) is 0 Å². The molecule has 1 nitrogen and oxygen atoms in total. The Labute approximate surface area is 92.1 Å². The quantitative estimate of drug-likeness (QED) is 0.748. The van der Waals surface area contributed by atoms with Crippen LogP contribution in [-0.2, 0) is 0 Å². The number of aryl methyl sites for hydroxylation is 2. The largest absolute Gasteiger partial charge is 0.398 e. The van der Waals surface area contributed by atoms with Crippen molar-refractivity contribution in [2.45, 2.75) is 38.9 Å². The fourth-order valence-corrected chi connectivity index (χ4v) is 1.99. The molecule has 2 N–H and O–H groups in total. The van der Waals surface area contributed by atoms with E-state index in [0.717, 1.165) is 29.7 Å². The number of rotatable bonds is 3. The van der Waals surface area contributed by atoms with Gasteiger partial charge >= 0.3 is 0 Å². The zero-order valence-corrected chi connectivity index (χ0v) is 9.95. The third-order valence-electron chi connectivity index (χ3n) is 2.54. The Morgan fingerprint density at radius 2 is 1.79 bits per heavy atom. The molecule has 1 rings (SSSR count). The standard InChI is InChI=1S/C12H18NS/c1-4-5-11(14)10-6-8(2)12(13)9(3)7-10/h6-7,11H,4-5,13H2,1-3H3. The summed E-state index contributed by atoms with van der Waals surface area (Å²) in [6.45, 7) is 6.25. The topological polar surface area (TPSA) is 26.0 Å². The van der Waals surface area contributed by atoms with Crippen molar-refractivity contribution in [1.29, 1.82) is 0 Å². The van der Waals surface area contributed by atoms with Crippen LogP contribution < -0.4 is 5.73 Å². The lowest BCUT2D eigenvalue weighted by atomic mass is 10.0. The SMILES string of the molecule is CCCC([S])c1cc(C)c(N)c(C)c1. The summed E-state index contributed by atoms with van der Waals surface area (Å²) in [5.74, 6) is 0. The Hall–Kier alpha value is -0.630. The van der Waals surface area contributed by atoms with Crippen molar-refractivity contribution < 1.29 is 0 Å². The Bertz CT molecular complexity index is 297. The summed E-state index contributed by atoms with van der Waals surface area (Å²) in [7, 11) is 0. The first-order valence-electron chi connectivity index (χ1n) is 5.08. The Kier molecular flexibility index (Phi) is 3.87. The maximum atomic E-state index is 5.89. The fraction of sp³-hybridized carbons (Fsp3) is 0.500. The van der Waals surface area contributed by atoms with E-state index in [2.05, 4.69) is 19.1 Å². The lowest BCUT2D eigenvalue weighted by Crippen LogP contribution is -1.98. The van der Waals surface area contributed by atoms with Gasteiger partial charge in [-0.25, -0.2) is 0 Å². The highest BCUT2D eigenvalue weighted by Crippen LogP contribution is 2.29. The summed E-state index contributed by atoms with van der Waals surface area (Å²) < 4.78 is 0. The highest BCUT2D eigenvalue weighted by Gasteiger charge is 2.09. The second kappa shape index (κ2) is 4.74. The molecule has 0 saturated heterocycles. The van der Waals surface area contributed by atoms with E-state index < -0.39 is 0 Å². The molecule has 0 aliphatic heterocycles. The number of nitrogen functional groups attached to an aromatic ring is 1. The molecule has 0 amide bonds. The lowest BCUT2D eigenvalue weighted by Gasteiger charge is -2.13. The maximum Gasteiger partial charge on any atom is 0.0401 e. The van der Waals surface area contributed by atoms with E-state index >= 15 is 0 Å². The zero-order chi connectivity index (χ0) is 10.7. The van der Waals surface area contributed by atoms with Gasteiger partial charge in [0.1, 0.15) is 0 Å². The van der Waals surface area contributed by atoms with Gasteiger partial charge in [-0.3, -0.25) is 0 Å². The van der Waals surface area contributed by atoms with Gasteiger partial charge in [-0.2, -0.15) is 0 Å². The van der Waals surface area contributed by atoms with E-state index in [1.807, 2.05) is 13.8 Å². The van der Waals surface area contributed by atoms with Gasteiger partial charge in [0.15, 0.2) is 0 Å². The number of hydrogen-bond donors (Lipinski definition) is 1. The fourth-order valence-electron chi connectivity index (χ4n) is 1.62. The van der Waals surface area contributed by atoms with Crippen LogP contribution >= 0.6 is 12.6 Å². The van der Waals surface area contributed by atoms with Gasteiger partial charge in [0.25, 0.3) is 0 Å². The number of benzene rings is 1. The monoisotopic (exact) mass is 208 g/mol. The first kappa shape index (κ1) is 11.4. The minimum Gasteiger partial charge on any atom is -0.398 e. The minimum atomic E-state index is 0.234. The van der Waals surface area contributed by atoms with E-state index in [9.17, 15) is 0 Å². The van der Waals surface area contributed by atoms with Crippen molar-refractivity contribution in [1.82, 2.24) is 0 Å². The van der Waals surface area contributed by atoms with Gasteiger partial charge < -0.3 is 5.73 Å². The molecule has 0 aromatic heterocycles. The molecule has 14 heavy (non-hydrogen) atoms. The average Bonchev–Trinajstić information content (AvgIpc) is 2.13. The lowest BCUT2D eigenvalue weighted by molar-refractivity contribution is 0.781. The molecule has 77 valence electrons. The van der Waals surface area contributed by atoms with Crippen molar-refractivity contribution in [2.24, 2.45) is 0 Å². The second-order valence-electron chi connectivity index (χ2n) is 3.85. The zero-order valence-electron chi connectivity index (χ0n) is 9.13. The number of anilines is 1. The minimum absolute atomic E-state index is 0.234. The van der Waals surface area contributed by atoms with Gasteiger partial charge in [-0.05, 0) is 37.0 Å². The van der Waals surface area contributed by atoms with Crippen LogP contribution in [0.4, 0.5) is 5.69 Å². The van der Waals surface area contributed by atoms with Crippen LogP contribution in [0.25, 0.3) is 0 Å².